The molecule has 0 radical (unpaired) electrons. The minimum absolute atomic E-state index is 0.211. The van der Waals surface area contributed by atoms with Crippen LogP contribution in [0.4, 0.5) is 5.82 Å². The highest BCUT2D eigenvalue weighted by molar-refractivity contribution is 5.80. The van der Waals surface area contributed by atoms with E-state index < -0.39 is 5.69 Å². The van der Waals surface area contributed by atoms with Crippen molar-refractivity contribution in [2.75, 3.05) is 5.73 Å². The molecule has 0 amide bonds. The number of nitrogens with two attached hydrogens (primary N) is 1. The van der Waals surface area contributed by atoms with Crippen molar-refractivity contribution >= 4 is 17.0 Å². The summed E-state index contributed by atoms with van der Waals surface area (Å²) >= 11 is 0. The highest BCUT2D eigenvalue weighted by Gasteiger charge is 2.04. The number of nitrogens with one attached hydrogen (secondary N) is 1. The molecule has 6 nitrogen and oxygen atoms in total. The van der Waals surface area contributed by atoms with Gasteiger partial charge in [-0.15, -0.1) is 0 Å². The predicted octanol–water partition coefficient (Wildman–Crippen LogP) is -0.142. The molecule has 0 unspecified atom stereocenters. The summed E-state index contributed by atoms with van der Waals surface area (Å²) in [5, 5.41) is 0. The molecule has 0 aliphatic rings. The largest absolute Gasteiger partial charge is 0.383 e. The number of anilines is 1. The molecule has 0 spiro atoms. The van der Waals surface area contributed by atoms with Gasteiger partial charge in [0, 0.05) is 0 Å². The number of aromatic amines is 1. The minimum Gasteiger partial charge on any atom is -0.383 e. The second-order valence-corrected chi connectivity index (χ2v) is 2.84. The highest BCUT2D eigenvalue weighted by atomic mass is 16.1. The van der Waals surface area contributed by atoms with Crippen molar-refractivity contribution in [3.63, 3.8) is 0 Å². The normalized spacial score (nSPS) is 10.6. The molecule has 0 saturated carbocycles. The van der Waals surface area contributed by atoms with Gasteiger partial charge in [-0.05, 0) is 6.42 Å². The van der Waals surface area contributed by atoms with Gasteiger partial charge < -0.3 is 5.73 Å². The Hall–Kier alpha value is -1.98. The van der Waals surface area contributed by atoms with Gasteiger partial charge in [0.25, 0.3) is 0 Å². The zero-order chi connectivity index (χ0) is 10.1. The van der Waals surface area contributed by atoms with Gasteiger partial charge in [-0.3, -0.25) is 4.98 Å². The molecule has 3 N–H and O–H groups in total. The Kier molecular flexibility index (Phi) is 1.88. The van der Waals surface area contributed by atoms with Gasteiger partial charge in [0.15, 0.2) is 5.65 Å². The summed E-state index contributed by atoms with van der Waals surface area (Å²) in [6.07, 6.45) is 2.36. The number of aromatic nitrogens is 4. The van der Waals surface area contributed by atoms with Gasteiger partial charge in [-0.1, -0.05) is 6.92 Å². The Morgan fingerprint density at radius 2 is 2.29 bits per heavy atom. The Morgan fingerprint density at radius 1 is 1.50 bits per heavy atom. The lowest BCUT2D eigenvalue weighted by molar-refractivity contribution is 1.01. The number of nitrogens with zero attached hydrogens (tertiary/aromatic N) is 3. The smallest absolute Gasteiger partial charge is 0.348 e. The molecule has 14 heavy (non-hydrogen) atoms. The summed E-state index contributed by atoms with van der Waals surface area (Å²) in [7, 11) is 0. The Morgan fingerprint density at radius 3 is 3.00 bits per heavy atom. The first-order valence-electron chi connectivity index (χ1n) is 4.22. The van der Waals surface area contributed by atoms with Crippen LogP contribution in [0.5, 0.6) is 0 Å². The van der Waals surface area contributed by atoms with Crippen LogP contribution in [-0.2, 0) is 6.42 Å². The van der Waals surface area contributed by atoms with E-state index in [9.17, 15) is 4.79 Å². The van der Waals surface area contributed by atoms with Gasteiger partial charge in [0.05, 0.1) is 11.9 Å². The first-order chi connectivity index (χ1) is 6.70. The van der Waals surface area contributed by atoms with Crippen LogP contribution in [0.2, 0.25) is 0 Å². The molecule has 0 fully saturated rings. The molecule has 0 saturated heterocycles. The molecular formula is C8H9N5O. The lowest BCUT2D eigenvalue weighted by Gasteiger charge is -2.00. The summed E-state index contributed by atoms with van der Waals surface area (Å²) in [6.45, 7) is 1.96. The van der Waals surface area contributed by atoms with E-state index in [1.54, 1.807) is 6.20 Å². The van der Waals surface area contributed by atoms with E-state index in [0.717, 1.165) is 12.1 Å². The van der Waals surface area contributed by atoms with E-state index in [1.807, 2.05) is 6.92 Å². The van der Waals surface area contributed by atoms with Crippen molar-refractivity contribution in [2.24, 2.45) is 0 Å². The van der Waals surface area contributed by atoms with Crippen LogP contribution in [0.3, 0.4) is 0 Å². The first-order valence-corrected chi connectivity index (χ1v) is 4.22. The van der Waals surface area contributed by atoms with Crippen molar-refractivity contribution in [3.8, 4) is 0 Å². The fourth-order valence-electron chi connectivity index (χ4n) is 1.15. The number of aryl methyl sites for hydroxylation is 1. The van der Waals surface area contributed by atoms with Crippen LogP contribution < -0.4 is 11.4 Å². The van der Waals surface area contributed by atoms with Crippen molar-refractivity contribution in [1.82, 2.24) is 19.9 Å². The van der Waals surface area contributed by atoms with Crippen molar-refractivity contribution in [1.29, 1.82) is 0 Å². The van der Waals surface area contributed by atoms with E-state index in [4.69, 9.17) is 5.73 Å². The lowest BCUT2D eigenvalue weighted by Crippen LogP contribution is -2.14. The fraction of sp³-hybridized carbons (Fsp3) is 0.250. The van der Waals surface area contributed by atoms with Gasteiger partial charge in [-0.25, -0.2) is 14.8 Å². The summed E-state index contributed by atoms with van der Waals surface area (Å²) in [4.78, 5) is 25.2. The summed E-state index contributed by atoms with van der Waals surface area (Å²) in [5.74, 6) is 0.211. The fourth-order valence-corrected chi connectivity index (χ4v) is 1.15. The molecule has 6 heteroatoms. The molecule has 0 bridgehead atoms. The summed E-state index contributed by atoms with van der Waals surface area (Å²) in [5.41, 5.74) is 6.62. The lowest BCUT2D eigenvalue weighted by atomic mass is 10.3. The maximum Gasteiger partial charge on any atom is 0.348 e. The van der Waals surface area contributed by atoms with Gasteiger partial charge in [0.1, 0.15) is 11.3 Å². The van der Waals surface area contributed by atoms with E-state index in [2.05, 4.69) is 19.9 Å². The quantitative estimate of drug-likeness (QED) is 0.653. The average Bonchev–Trinajstić information content (AvgIpc) is 2.17. The second kappa shape index (κ2) is 3.06. The third kappa shape index (κ3) is 1.30. The third-order valence-corrected chi connectivity index (χ3v) is 1.87. The molecule has 0 aliphatic carbocycles. The zero-order valence-electron chi connectivity index (χ0n) is 7.61. The molecular weight excluding hydrogens is 182 g/mol. The van der Waals surface area contributed by atoms with Gasteiger partial charge in [-0.2, -0.15) is 4.98 Å². The monoisotopic (exact) mass is 191 g/mol. The first kappa shape index (κ1) is 8.61. The summed E-state index contributed by atoms with van der Waals surface area (Å²) in [6, 6.07) is 0. The number of hydrogen-bond donors (Lipinski definition) is 2. The van der Waals surface area contributed by atoms with Crippen LogP contribution in [0.25, 0.3) is 11.2 Å². The Bertz CT molecular complexity index is 533. The van der Waals surface area contributed by atoms with Crippen molar-refractivity contribution < 1.29 is 0 Å². The third-order valence-electron chi connectivity index (χ3n) is 1.87. The molecule has 2 heterocycles. The van der Waals surface area contributed by atoms with Crippen LogP contribution in [0.1, 0.15) is 12.6 Å². The number of fused-ring (bicyclic) bond motifs is 1. The van der Waals surface area contributed by atoms with E-state index in [1.165, 1.54) is 0 Å². The second-order valence-electron chi connectivity index (χ2n) is 2.84. The van der Waals surface area contributed by atoms with Crippen LogP contribution >= 0.6 is 0 Å². The van der Waals surface area contributed by atoms with Crippen LogP contribution in [0, 0.1) is 0 Å². The SMILES string of the molecule is CCc1cnc2nc(=O)[nH]c(N)c2n1. The molecule has 0 atom stereocenters. The number of rotatable bonds is 1. The van der Waals surface area contributed by atoms with Crippen molar-refractivity contribution in [3.05, 3.63) is 22.4 Å². The minimum atomic E-state index is -0.506. The topological polar surface area (TPSA) is 97.5 Å². The number of hydrogen-bond acceptors (Lipinski definition) is 5. The van der Waals surface area contributed by atoms with Crippen LogP contribution in [-0.4, -0.2) is 19.9 Å². The zero-order valence-corrected chi connectivity index (χ0v) is 7.61. The molecule has 2 aromatic heterocycles. The van der Waals surface area contributed by atoms with Gasteiger partial charge >= 0.3 is 5.69 Å². The predicted molar refractivity (Wildman–Crippen MR) is 51.7 cm³/mol. The number of nitrogen functional groups attached to an aromatic ring is 1. The maximum atomic E-state index is 10.9. The maximum absolute atomic E-state index is 10.9. The van der Waals surface area contributed by atoms with E-state index in [-0.39, 0.29) is 11.5 Å². The Balaban J connectivity index is 2.82. The summed E-state index contributed by atoms with van der Waals surface area (Å²) < 4.78 is 0. The average molecular weight is 191 g/mol. The highest BCUT2D eigenvalue weighted by Crippen LogP contribution is 2.09. The van der Waals surface area contributed by atoms with Crippen LogP contribution in [0.15, 0.2) is 11.0 Å². The standard InChI is InChI=1S/C8H9N5O/c1-2-4-3-10-7-5(11-4)6(9)12-8(14)13-7/h3H,2H2,1H3,(H3,9,10,12,13,14). The van der Waals surface area contributed by atoms with Gasteiger partial charge in [0.2, 0.25) is 0 Å². The Labute approximate surface area is 79.2 Å². The molecule has 0 aliphatic heterocycles. The molecule has 2 aromatic rings. The molecule has 72 valence electrons. The molecule has 2 rings (SSSR count). The number of H-pyrrole nitrogens is 1. The van der Waals surface area contributed by atoms with Crippen molar-refractivity contribution in [2.45, 2.75) is 13.3 Å². The van der Waals surface area contributed by atoms with E-state index >= 15 is 0 Å². The molecule has 0 aromatic carbocycles. The van der Waals surface area contributed by atoms with E-state index in [0.29, 0.717) is 5.52 Å².